The summed E-state index contributed by atoms with van der Waals surface area (Å²) >= 11 is 0. The molecule has 0 fully saturated rings. The maximum atomic E-state index is 12.1. The summed E-state index contributed by atoms with van der Waals surface area (Å²) in [5, 5.41) is 16.3. The van der Waals surface area contributed by atoms with Crippen molar-refractivity contribution < 1.29 is 10.0 Å². The van der Waals surface area contributed by atoms with Gasteiger partial charge >= 0.3 is 6.03 Å². The van der Waals surface area contributed by atoms with Crippen molar-refractivity contribution in [3.63, 3.8) is 0 Å². The van der Waals surface area contributed by atoms with Gasteiger partial charge < -0.3 is 5.32 Å². The zero-order chi connectivity index (χ0) is 17.1. The third-order valence-electron chi connectivity index (χ3n) is 3.45. The molecule has 0 aliphatic rings. The van der Waals surface area contributed by atoms with Crippen LogP contribution in [0.5, 0.6) is 0 Å². The number of benzene rings is 2. The Labute approximate surface area is 138 Å². The molecule has 2 amide bonds. The van der Waals surface area contributed by atoms with E-state index in [-0.39, 0.29) is 11.8 Å². The molecule has 7 heteroatoms. The van der Waals surface area contributed by atoms with E-state index in [0.717, 1.165) is 16.3 Å². The molecule has 0 aliphatic heterocycles. The van der Waals surface area contributed by atoms with Crippen molar-refractivity contribution in [2.24, 2.45) is 0 Å². The topological polar surface area (TPSA) is 99.2 Å². The molecule has 4 N–H and O–H groups in total. The van der Waals surface area contributed by atoms with E-state index in [1.54, 1.807) is 13.0 Å². The molecule has 0 atom stereocenters. The van der Waals surface area contributed by atoms with Crippen LogP contribution in [0.3, 0.4) is 0 Å². The molecule has 0 radical (unpaired) electrons. The van der Waals surface area contributed by atoms with Crippen LogP contribution in [0.1, 0.15) is 11.3 Å². The lowest BCUT2D eigenvalue weighted by Gasteiger charge is -2.09. The first-order valence-electron chi connectivity index (χ1n) is 7.38. The molecule has 1 heterocycles. The van der Waals surface area contributed by atoms with Gasteiger partial charge in [0.1, 0.15) is 0 Å². The number of carbonyl (C=O) groups excluding carboxylic acids is 1. The molecule has 0 saturated heterocycles. The molecule has 1 aromatic heterocycles. The fourth-order valence-corrected chi connectivity index (χ4v) is 2.39. The molecule has 3 rings (SSSR count). The number of nitrogens with zero attached hydrogens (tertiary/aromatic N) is 2. The Balaban J connectivity index is 1.76. The van der Waals surface area contributed by atoms with Crippen molar-refractivity contribution in [1.29, 1.82) is 0 Å². The highest BCUT2D eigenvalue weighted by Crippen LogP contribution is 2.20. The minimum Gasteiger partial charge on any atom is -0.308 e. The van der Waals surface area contributed by atoms with E-state index in [9.17, 15) is 4.79 Å². The maximum absolute atomic E-state index is 12.1. The number of aryl methyl sites for hydroxylation is 2. The first-order chi connectivity index (χ1) is 11.5. The van der Waals surface area contributed by atoms with E-state index in [1.807, 2.05) is 42.7 Å². The number of urea groups is 1. The number of aromatic nitrogens is 2. The number of fused-ring (bicyclic) bond motifs is 1. The summed E-state index contributed by atoms with van der Waals surface area (Å²) in [5.74, 6) is 0.305. The van der Waals surface area contributed by atoms with Gasteiger partial charge in [-0.05, 0) is 36.8 Å². The Morgan fingerprint density at radius 3 is 2.54 bits per heavy atom. The summed E-state index contributed by atoms with van der Waals surface area (Å²) in [6.45, 7) is 3.76. The molecule has 0 bridgehead atoms. The molecular formula is C17H17N5O2. The number of hydrogen-bond donors (Lipinski definition) is 4. The average molecular weight is 323 g/mol. The largest absolute Gasteiger partial charge is 0.326 e. The molecule has 0 saturated carbocycles. The zero-order valence-electron chi connectivity index (χ0n) is 13.3. The first kappa shape index (κ1) is 15.7. The van der Waals surface area contributed by atoms with Crippen molar-refractivity contribution in [3.05, 3.63) is 53.7 Å². The Morgan fingerprint density at radius 2 is 1.75 bits per heavy atom. The summed E-state index contributed by atoms with van der Waals surface area (Å²) in [6.07, 6.45) is 0. The SMILES string of the molecule is Cc1ccc2ccc(NC(=O)Nc3nc(C)cc(NO)n3)cc2c1. The van der Waals surface area contributed by atoms with E-state index < -0.39 is 6.03 Å². The number of carbonyl (C=O) groups is 1. The van der Waals surface area contributed by atoms with Crippen LogP contribution in [-0.2, 0) is 0 Å². The monoisotopic (exact) mass is 323 g/mol. The van der Waals surface area contributed by atoms with Gasteiger partial charge in [0, 0.05) is 17.4 Å². The summed E-state index contributed by atoms with van der Waals surface area (Å²) in [4.78, 5) is 20.2. The van der Waals surface area contributed by atoms with Crippen molar-refractivity contribution >= 4 is 34.3 Å². The molecule has 122 valence electrons. The lowest BCUT2D eigenvalue weighted by molar-refractivity contribution is 0.262. The average Bonchev–Trinajstić information content (AvgIpc) is 2.53. The number of anilines is 3. The zero-order valence-corrected chi connectivity index (χ0v) is 13.3. The van der Waals surface area contributed by atoms with Gasteiger partial charge in [0.05, 0.1) is 0 Å². The Kier molecular flexibility index (Phi) is 4.26. The van der Waals surface area contributed by atoms with Crippen LogP contribution >= 0.6 is 0 Å². The van der Waals surface area contributed by atoms with Gasteiger partial charge in [0.2, 0.25) is 5.95 Å². The van der Waals surface area contributed by atoms with Gasteiger partial charge in [-0.25, -0.2) is 9.78 Å². The van der Waals surface area contributed by atoms with Gasteiger partial charge in [-0.15, -0.1) is 0 Å². The van der Waals surface area contributed by atoms with Crippen LogP contribution in [-0.4, -0.2) is 21.2 Å². The van der Waals surface area contributed by atoms with Crippen LogP contribution in [0.2, 0.25) is 0 Å². The molecule has 0 unspecified atom stereocenters. The number of nitrogens with one attached hydrogen (secondary N) is 3. The highest BCUT2D eigenvalue weighted by atomic mass is 16.5. The predicted octanol–water partition coefficient (Wildman–Crippen LogP) is 3.69. The van der Waals surface area contributed by atoms with E-state index >= 15 is 0 Å². The highest BCUT2D eigenvalue weighted by molar-refractivity contribution is 6.00. The van der Waals surface area contributed by atoms with Crippen molar-refractivity contribution in [1.82, 2.24) is 9.97 Å². The number of rotatable bonds is 3. The van der Waals surface area contributed by atoms with E-state index in [4.69, 9.17) is 5.21 Å². The van der Waals surface area contributed by atoms with Gasteiger partial charge in [-0.2, -0.15) is 4.98 Å². The molecule has 0 aliphatic carbocycles. The fraction of sp³-hybridized carbons (Fsp3) is 0.118. The van der Waals surface area contributed by atoms with Crippen molar-refractivity contribution in [2.75, 3.05) is 16.1 Å². The van der Waals surface area contributed by atoms with Crippen molar-refractivity contribution in [3.8, 4) is 0 Å². The number of amides is 2. The van der Waals surface area contributed by atoms with Gasteiger partial charge in [0.15, 0.2) is 5.82 Å². The maximum Gasteiger partial charge on any atom is 0.326 e. The normalized spacial score (nSPS) is 10.5. The van der Waals surface area contributed by atoms with E-state index in [2.05, 4.69) is 26.7 Å². The summed E-state index contributed by atoms with van der Waals surface area (Å²) in [6, 6.07) is 12.9. The fourth-order valence-electron chi connectivity index (χ4n) is 2.39. The molecule has 0 spiro atoms. The summed E-state index contributed by atoms with van der Waals surface area (Å²) in [7, 11) is 0. The third-order valence-corrected chi connectivity index (χ3v) is 3.45. The third kappa shape index (κ3) is 3.58. The molecule has 7 nitrogen and oxygen atoms in total. The van der Waals surface area contributed by atoms with Crippen LogP contribution in [0, 0.1) is 13.8 Å². The molecule has 3 aromatic rings. The summed E-state index contributed by atoms with van der Waals surface area (Å²) < 4.78 is 0. The Bertz CT molecular complexity index is 911. The van der Waals surface area contributed by atoms with Crippen LogP contribution in [0.4, 0.5) is 22.2 Å². The Morgan fingerprint density at radius 1 is 0.958 bits per heavy atom. The summed E-state index contributed by atoms with van der Waals surface area (Å²) in [5.41, 5.74) is 4.36. The molecule has 24 heavy (non-hydrogen) atoms. The lowest BCUT2D eigenvalue weighted by atomic mass is 10.1. The van der Waals surface area contributed by atoms with Gasteiger partial charge in [-0.3, -0.25) is 16.0 Å². The van der Waals surface area contributed by atoms with Crippen molar-refractivity contribution in [2.45, 2.75) is 13.8 Å². The number of hydrogen-bond acceptors (Lipinski definition) is 5. The van der Waals surface area contributed by atoms with Crippen LogP contribution < -0.4 is 16.1 Å². The van der Waals surface area contributed by atoms with Gasteiger partial charge in [-0.1, -0.05) is 29.8 Å². The van der Waals surface area contributed by atoms with Crippen LogP contribution in [0.15, 0.2) is 42.5 Å². The first-order valence-corrected chi connectivity index (χ1v) is 7.38. The second kappa shape index (κ2) is 6.51. The quantitative estimate of drug-likeness (QED) is 0.551. The predicted molar refractivity (Wildman–Crippen MR) is 93.5 cm³/mol. The second-order valence-corrected chi connectivity index (χ2v) is 5.47. The smallest absolute Gasteiger partial charge is 0.308 e. The van der Waals surface area contributed by atoms with E-state index in [1.165, 1.54) is 0 Å². The molecule has 2 aromatic carbocycles. The minimum atomic E-state index is -0.462. The lowest BCUT2D eigenvalue weighted by Crippen LogP contribution is -2.21. The second-order valence-electron chi connectivity index (χ2n) is 5.47. The van der Waals surface area contributed by atoms with Gasteiger partial charge in [0.25, 0.3) is 0 Å². The standard InChI is InChI=1S/C17H17N5O2/c1-10-3-4-12-5-6-14(9-13(12)7-10)19-17(23)21-16-18-11(2)8-15(20-16)22-24/h3-9,24H,1-2H3,(H3,18,19,20,21,22,23). The Hall–Kier alpha value is -3.19. The highest BCUT2D eigenvalue weighted by Gasteiger charge is 2.07. The minimum absolute atomic E-state index is 0.0979. The molecular weight excluding hydrogens is 306 g/mol. The van der Waals surface area contributed by atoms with E-state index in [0.29, 0.717) is 11.4 Å². The van der Waals surface area contributed by atoms with Crippen LogP contribution in [0.25, 0.3) is 10.8 Å².